The van der Waals surface area contributed by atoms with Gasteiger partial charge in [-0.1, -0.05) is 0 Å². The lowest BCUT2D eigenvalue weighted by atomic mass is 10.1. The Morgan fingerprint density at radius 2 is 2.28 bits per heavy atom. The Labute approximate surface area is 106 Å². The van der Waals surface area contributed by atoms with Crippen molar-refractivity contribution in [2.24, 2.45) is 0 Å². The largest absolute Gasteiger partial charge is 0.456 e. The Morgan fingerprint density at radius 3 is 2.94 bits per heavy atom. The zero-order valence-corrected chi connectivity index (χ0v) is 10.7. The van der Waals surface area contributed by atoms with Gasteiger partial charge in [-0.2, -0.15) is 0 Å². The third-order valence-electron chi connectivity index (χ3n) is 3.07. The smallest absolute Gasteiger partial charge is 0.287 e. The molecular formula is C13H18N2O3. The second-order valence-electron chi connectivity index (χ2n) is 4.84. The van der Waals surface area contributed by atoms with E-state index in [0.717, 1.165) is 25.9 Å². The van der Waals surface area contributed by atoms with Gasteiger partial charge in [-0.3, -0.25) is 9.59 Å². The first kappa shape index (κ1) is 12.8. The molecule has 1 amide bonds. The van der Waals surface area contributed by atoms with Crippen molar-refractivity contribution in [1.82, 2.24) is 10.2 Å². The van der Waals surface area contributed by atoms with Crippen molar-refractivity contribution in [3.05, 3.63) is 33.9 Å². The lowest BCUT2D eigenvalue weighted by Crippen LogP contribution is -2.46. The molecule has 1 atom stereocenters. The number of carbonyl (C=O) groups excluding carboxylic acids is 1. The Balaban J connectivity index is 2.05. The van der Waals surface area contributed by atoms with E-state index in [9.17, 15) is 9.59 Å². The molecule has 1 aromatic rings. The highest BCUT2D eigenvalue weighted by atomic mass is 16.3. The first-order valence-electron chi connectivity index (χ1n) is 6.16. The minimum absolute atomic E-state index is 0.0910. The molecule has 0 aromatic carbocycles. The van der Waals surface area contributed by atoms with Crippen LogP contribution in [0.1, 0.15) is 29.2 Å². The Bertz CT molecular complexity index is 495. The number of hydrogen-bond acceptors (Lipinski definition) is 4. The van der Waals surface area contributed by atoms with Crippen molar-refractivity contribution >= 4 is 5.91 Å². The molecule has 1 aromatic heterocycles. The molecule has 2 heterocycles. The fourth-order valence-corrected chi connectivity index (χ4v) is 2.26. The molecule has 5 nitrogen and oxygen atoms in total. The summed E-state index contributed by atoms with van der Waals surface area (Å²) >= 11 is 0. The monoisotopic (exact) mass is 250 g/mol. The molecular weight excluding hydrogens is 232 g/mol. The van der Waals surface area contributed by atoms with Gasteiger partial charge in [0, 0.05) is 24.7 Å². The number of nitrogens with one attached hydrogen (secondary N) is 1. The molecule has 2 rings (SSSR count). The summed E-state index contributed by atoms with van der Waals surface area (Å²) in [5, 5.41) is 2.91. The molecule has 0 spiro atoms. The predicted molar refractivity (Wildman–Crippen MR) is 67.7 cm³/mol. The van der Waals surface area contributed by atoms with Gasteiger partial charge < -0.3 is 14.6 Å². The third kappa shape index (κ3) is 3.20. The van der Waals surface area contributed by atoms with Gasteiger partial charge in [0.05, 0.1) is 0 Å². The molecule has 0 unspecified atom stereocenters. The van der Waals surface area contributed by atoms with Crippen molar-refractivity contribution in [3.63, 3.8) is 0 Å². The summed E-state index contributed by atoms with van der Waals surface area (Å²) in [6.07, 6.45) is 2.03. The molecule has 0 bridgehead atoms. The second-order valence-corrected chi connectivity index (χ2v) is 4.84. The van der Waals surface area contributed by atoms with E-state index in [1.807, 2.05) is 7.05 Å². The minimum atomic E-state index is -0.309. The number of rotatable bonds is 2. The lowest BCUT2D eigenvalue weighted by Gasteiger charge is -2.29. The summed E-state index contributed by atoms with van der Waals surface area (Å²) in [6, 6.07) is 2.72. The predicted octanol–water partition coefficient (Wildman–Crippen LogP) is 0.772. The first-order chi connectivity index (χ1) is 8.54. The number of carbonyl (C=O) groups is 1. The van der Waals surface area contributed by atoms with Crippen molar-refractivity contribution in [2.75, 3.05) is 20.1 Å². The van der Waals surface area contributed by atoms with Crippen LogP contribution in [0.25, 0.3) is 0 Å². The quantitative estimate of drug-likeness (QED) is 0.842. The average molecular weight is 250 g/mol. The van der Waals surface area contributed by atoms with Crippen molar-refractivity contribution < 1.29 is 9.21 Å². The number of amides is 1. The highest BCUT2D eigenvalue weighted by Crippen LogP contribution is 2.09. The molecule has 18 heavy (non-hydrogen) atoms. The van der Waals surface area contributed by atoms with Crippen LogP contribution in [0.4, 0.5) is 0 Å². The van der Waals surface area contributed by atoms with E-state index in [1.54, 1.807) is 6.92 Å². The molecule has 1 aliphatic heterocycles. The fraction of sp³-hybridized carbons (Fsp3) is 0.538. The van der Waals surface area contributed by atoms with Gasteiger partial charge in [-0.15, -0.1) is 0 Å². The van der Waals surface area contributed by atoms with Crippen LogP contribution in [0.5, 0.6) is 0 Å². The molecule has 98 valence electrons. The van der Waals surface area contributed by atoms with Gasteiger partial charge in [-0.05, 0) is 33.4 Å². The number of nitrogens with zero attached hydrogens (tertiary/aromatic N) is 1. The SMILES string of the molecule is Cc1cc(=O)cc(C(=O)N[C@H]2CCCN(C)C2)o1. The maximum atomic E-state index is 12.0. The van der Waals surface area contributed by atoms with E-state index in [1.165, 1.54) is 12.1 Å². The van der Waals surface area contributed by atoms with Crippen LogP contribution in [0.3, 0.4) is 0 Å². The summed E-state index contributed by atoms with van der Waals surface area (Å²) in [5.74, 6) is 0.234. The fourth-order valence-electron chi connectivity index (χ4n) is 2.26. The van der Waals surface area contributed by atoms with Gasteiger partial charge in [0.2, 0.25) is 0 Å². The highest BCUT2D eigenvalue weighted by Gasteiger charge is 2.20. The Hall–Kier alpha value is -1.62. The molecule has 1 aliphatic rings. The summed E-state index contributed by atoms with van der Waals surface area (Å²) in [6.45, 7) is 3.56. The van der Waals surface area contributed by atoms with Gasteiger partial charge >= 0.3 is 0 Å². The normalized spacial score (nSPS) is 20.7. The van der Waals surface area contributed by atoms with Crippen molar-refractivity contribution in [1.29, 1.82) is 0 Å². The van der Waals surface area contributed by atoms with Crippen LogP contribution in [-0.2, 0) is 0 Å². The van der Waals surface area contributed by atoms with Crippen molar-refractivity contribution in [2.45, 2.75) is 25.8 Å². The topological polar surface area (TPSA) is 62.6 Å². The third-order valence-corrected chi connectivity index (χ3v) is 3.07. The Morgan fingerprint density at radius 1 is 1.50 bits per heavy atom. The number of likely N-dealkylation sites (N-methyl/N-ethyl adjacent to an activating group) is 1. The van der Waals surface area contributed by atoms with Gasteiger partial charge in [0.15, 0.2) is 11.2 Å². The summed E-state index contributed by atoms with van der Waals surface area (Å²) in [7, 11) is 2.03. The van der Waals surface area contributed by atoms with E-state index >= 15 is 0 Å². The first-order valence-corrected chi connectivity index (χ1v) is 6.16. The van der Waals surface area contributed by atoms with Crippen LogP contribution >= 0.6 is 0 Å². The standard InChI is InChI=1S/C13H18N2O3/c1-9-6-11(16)7-12(18-9)13(17)14-10-4-3-5-15(2)8-10/h6-7,10H,3-5,8H2,1-2H3,(H,14,17)/t10-/m0/s1. The Kier molecular flexibility index (Phi) is 3.81. The highest BCUT2D eigenvalue weighted by molar-refractivity contribution is 5.91. The van der Waals surface area contributed by atoms with Crippen LogP contribution < -0.4 is 10.7 Å². The molecule has 0 radical (unpaired) electrons. The van der Waals surface area contributed by atoms with Crippen molar-refractivity contribution in [3.8, 4) is 0 Å². The lowest BCUT2D eigenvalue weighted by molar-refractivity contribution is 0.0880. The zero-order chi connectivity index (χ0) is 13.1. The van der Waals surface area contributed by atoms with E-state index in [0.29, 0.717) is 5.76 Å². The maximum absolute atomic E-state index is 12.0. The molecule has 1 N–H and O–H groups in total. The van der Waals surface area contributed by atoms with E-state index in [4.69, 9.17) is 4.42 Å². The van der Waals surface area contributed by atoms with Gasteiger partial charge in [0.1, 0.15) is 5.76 Å². The van der Waals surface area contributed by atoms with Crippen LogP contribution in [0.15, 0.2) is 21.3 Å². The molecule has 5 heteroatoms. The molecule has 0 saturated carbocycles. The van der Waals surface area contributed by atoms with Crippen LogP contribution in [0, 0.1) is 6.92 Å². The summed E-state index contributed by atoms with van der Waals surface area (Å²) in [5.41, 5.74) is -0.204. The maximum Gasteiger partial charge on any atom is 0.287 e. The average Bonchev–Trinajstić information content (AvgIpc) is 2.27. The zero-order valence-electron chi connectivity index (χ0n) is 10.7. The molecule has 1 fully saturated rings. The summed E-state index contributed by atoms with van der Waals surface area (Å²) in [4.78, 5) is 25.5. The minimum Gasteiger partial charge on any atom is -0.456 e. The second kappa shape index (κ2) is 5.35. The van der Waals surface area contributed by atoms with E-state index in [2.05, 4.69) is 10.2 Å². The van der Waals surface area contributed by atoms with Crippen LogP contribution in [0.2, 0.25) is 0 Å². The number of piperidine rings is 1. The van der Waals surface area contributed by atoms with Crippen LogP contribution in [-0.4, -0.2) is 37.0 Å². The van der Waals surface area contributed by atoms with E-state index in [-0.39, 0.29) is 23.1 Å². The van der Waals surface area contributed by atoms with E-state index < -0.39 is 0 Å². The number of likely N-dealkylation sites (tertiary alicyclic amines) is 1. The van der Waals surface area contributed by atoms with Gasteiger partial charge in [-0.25, -0.2) is 0 Å². The number of hydrogen-bond donors (Lipinski definition) is 1. The summed E-state index contributed by atoms with van der Waals surface area (Å²) < 4.78 is 5.26. The van der Waals surface area contributed by atoms with Gasteiger partial charge in [0.25, 0.3) is 5.91 Å². The molecule has 0 aliphatic carbocycles. The number of aryl methyl sites for hydroxylation is 1. The molecule has 1 saturated heterocycles.